The standard InChI is InChI=1S/C15H11N3O/c19-15(14-5-1-2-8-17-14)18-13-6-3-4-11-10-16-9-7-12(11)13/h1-10H,(H,18,19). The Morgan fingerprint density at radius 3 is 2.79 bits per heavy atom. The van der Waals surface area contributed by atoms with Gasteiger partial charge in [0.25, 0.3) is 5.91 Å². The number of amides is 1. The maximum Gasteiger partial charge on any atom is 0.274 e. The van der Waals surface area contributed by atoms with Crippen molar-refractivity contribution >= 4 is 22.4 Å². The van der Waals surface area contributed by atoms with Crippen molar-refractivity contribution < 1.29 is 4.79 Å². The number of fused-ring (bicyclic) bond motifs is 1. The summed E-state index contributed by atoms with van der Waals surface area (Å²) in [5, 5.41) is 4.82. The van der Waals surface area contributed by atoms with Gasteiger partial charge in [0.2, 0.25) is 0 Å². The molecule has 0 saturated heterocycles. The minimum Gasteiger partial charge on any atom is -0.320 e. The Labute approximate surface area is 110 Å². The quantitative estimate of drug-likeness (QED) is 0.759. The average Bonchev–Trinajstić information content (AvgIpc) is 2.48. The highest BCUT2D eigenvalue weighted by atomic mass is 16.1. The fourth-order valence-corrected chi connectivity index (χ4v) is 1.91. The second-order valence-electron chi connectivity index (χ2n) is 4.07. The largest absolute Gasteiger partial charge is 0.320 e. The van der Waals surface area contributed by atoms with Crippen LogP contribution < -0.4 is 5.32 Å². The monoisotopic (exact) mass is 249 g/mol. The highest BCUT2D eigenvalue weighted by Gasteiger charge is 2.08. The number of nitrogens with one attached hydrogen (secondary N) is 1. The van der Waals surface area contributed by atoms with Gasteiger partial charge in [0.15, 0.2) is 0 Å². The summed E-state index contributed by atoms with van der Waals surface area (Å²) in [5.74, 6) is -0.218. The molecule has 2 aromatic heterocycles. The van der Waals surface area contributed by atoms with E-state index in [1.54, 1.807) is 36.8 Å². The Morgan fingerprint density at radius 1 is 1.00 bits per heavy atom. The molecule has 4 nitrogen and oxygen atoms in total. The van der Waals surface area contributed by atoms with E-state index in [-0.39, 0.29) is 5.91 Å². The molecule has 3 aromatic rings. The van der Waals surface area contributed by atoms with E-state index in [0.717, 1.165) is 16.5 Å². The zero-order valence-corrected chi connectivity index (χ0v) is 10.1. The number of carbonyl (C=O) groups excluding carboxylic acids is 1. The lowest BCUT2D eigenvalue weighted by molar-refractivity contribution is 0.102. The van der Waals surface area contributed by atoms with E-state index in [0.29, 0.717) is 5.69 Å². The van der Waals surface area contributed by atoms with Crippen LogP contribution in [-0.2, 0) is 0 Å². The molecule has 0 aliphatic heterocycles. The van der Waals surface area contributed by atoms with Crippen LogP contribution in [0, 0.1) is 0 Å². The van der Waals surface area contributed by atoms with Gasteiger partial charge >= 0.3 is 0 Å². The van der Waals surface area contributed by atoms with Crippen molar-refractivity contribution in [3.8, 4) is 0 Å². The molecule has 0 aliphatic carbocycles. The van der Waals surface area contributed by atoms with Crippen molar-refractivity contribution in [3.05, 3.63) is 66.7 Å². The molecule has 0 fully saturated rings. The molecule has 0 atom stereocenters. The molecule has 0 aliphatic rings. The first-order chi connectivity index (χ1) is 9.34. The topological polar surface area (TPSA) is 54.9 Å². The van der Waals surface area contributed by atoms with Crippen molar-refractivity contribution in [3.63, 3.8) is 0 Å². The van der Waals surface area contributed by atoms with Crippen molar-refractivity contribution in [1.29, 1.82) is 0 Å². The zero-order valence-electron chi connectivity index (χ0n) is 10.1. The smallest absolute Gasteiger partial charge is 0.274 e. The van der Waals surface area contributed by atoms with Gasteiger partial charge in [0.1, 0.15) is 5.69 Å². The molecule has 0 saturated carbocycles. The van der Waals surface area contributed by atoms with Crippen molar-refractivity contribution in [2.75, 3.05) is 5.32 Å². The Bertz CT molecular complexity index is 720. The molecule has 3 rings (SSSR count). The van der Waals surface area contributed by atoms with Crippen LogP contribution in [0.25, 0.3) is 10.8 Å². The molecule has 4 heteroatoms. The highest BCUT2D eigenvalue weighted by Crippen LogP contribution is 2.22. The van der Waals surface area contributed by atoms with Crippen LogP contribution >= 0.6 is 0 Å². The van der Waals surface area contributed by atoms with Crippen LogP contribution in [0.3, 0.4) is 0 Å². The van der Waals surface area contributed by atoms with Gasteiger partial charge in [0.05, 0.1) is 0 Å². The van der Waals surface area contributed by atoms with Crippen molar-refractivity contribution in [2.45, 2.75) is 0 Å². The Morgan fingerprint density at radius 2 is 1.95 bits per heavy atom. The van der Waals surface area contributed by atoms with Crippen LogP contribution in [0.2, 0.25) is 0 Å². The van der Waals surface area contributed by atoms with Crippen molar-refractivity contribution in [1.82, 2.24) is 9.97 Å². The summed E-state index contributed by atoms with van der Waals surface area (Å²) in [6.45, 7) is 0. The third-order valence-electron chi connectivity index (χ3n) is 2.83. The number of rotatable bonds is 2. The van der Waals surface area contributed by atoms with Crippen LogP contribution in [0.15, 0.2) is 61.1 Å². The van der Waals surface area contributed by atoms with Crippen LogP contribution in [-0.4, -0.2) is 15.9 Å². The predicted octanol–water partition coefficient (Wildman–Crippen LogP) is 2.88. The number of pyridine rings is 2. The summed E-state index contributed by atoms with van der Waals surface area (Å²) in [6, 6.07) is 12.8. The molecule has 92 valence electrons. The lowest BCUT2D eigenvalue weighted by atomic mass is 10.1. The number of aromatic nitrogens is 2. The minimum absolute atomic E-state index is 0.218. The maximum atomic E-state index is 12.1. The number of nitrogens with zero attached hydrogens (tertiary/aromatic N) is 2. The van der Waals surface area contributed by atoms with Gasteiger partial charge in [-0.2, -0.15) is 0 Å². The summed E-state index contributed by atoms with van der Waals surface area (Å²) >= 11 is 0. The SMILES string of the molecule is O=C(Nc1cccc2cnccc12)c1ccccn1. The van der Waals surface area contributed by atoms with Crippen LogP contribution in [0.1, 0.15) is 10.5 Å². The van der Waals surface area contributed by atoms with E-state index in [1.807, 2.05) is 24.3 Å². The van der Waals surface area contributed by atoms with Crippen LogP contribution in [0.4, 0.5) is 5.69 Å². The molecule has 0 unspecified atom stereocenters. The van der Waals surface area contributed by atoms with Gasteiger partial charge in [-0.05, 0) is 24.3 Å². The molecule has 1 aromatic carbocycles. The van der Waals surface area contributed by atoms with Gasteiger partial charge in [-0.15, -0.1) is 0 Å². The molecule has 2 heterocycles. The van der Waals surface area contributed by atoms with E-state index in [4.69, 9.17) is 0 Å². The fraction of sp³-hybridized carbons (Fsp3) is 0. The van der Waals surface area contributed by atoms with E-state index in [1.165, 1.54) is 0 Å². The minimum atomic E-state index is -0.218. The average molecular weight is 249 g/mol. The second kappa shape index (κ2) is 4.86. The number of anilines is 1. The Balaban J connectivity index is 1.96. The first kappa shape index (κ1) is 11.3. The van der Waals surface area contributed by atoms with E-state index in [2.05, 4.69) is 15.3 Å². The summed E-state index contributed by atoms with van der Waals surface area (Å²) in [4.78, 5) is 20.2. The summed E-state index contributed by atoms with van der Waals surface area (Å²) in [5.41, 5.74) is 1.16. The first-order valence-corrected chi connectivity index (χ1v) is 5.90. The summed E-state index contributed by atoms with van der Waals surface area (Å²) < 4.78 is 0. The predicted molar refractivity (Wildman–Crippen MR) is 73.9 cm³/mol. The normalized spacial score (nSPS) is 10.3. The van der Waals surface area contributed by atoms with E-state index >= 15 is 0 Å². The Kier molecular flexibility index (Phi) is 2.90. The molecule has 1 amide bonds. The fourth-order valence-electron chi connectivity index (χ4n) is 1.91. The molecular formula is C15H11N3O. The molecule has 1 N–H and O–H groups in total. The molecule has 0 bridgehead atoms. The summed E-state index contributed by atoms with van der Waals surface area (Å²) in [6.07, 6.45) is 5.08. The van der Waals surface area contributed by atoms with Gasteiger partial charge in [0, 0.05) is 35.1 Å². The van der Waals surface area contributed by atoms with Gasteiger partial charge in [-0.25, -0.2) is 0 Å². The number of hydrogen-bond acceptors (Lipinski definition) is 3. The third kappa shape index (κ3) is 2.28. The van der Waals surface area contributed by atoms with Crippen molar-refractivity contribution in [2.24, 2.45) is 0 Å². The molecular weight excluding hydrogens is 238 g/mol. The van der Waals surface area contributed by atoms with Crippen LogP contribution in [0.5, 0.6) is 0 Å². The van der Waals surface area contributed by atoms with E-state index in [9.17, 15) is 4.79 Å². The van der Waals surface area contributed by atoms with Gasteiger partial charge < -0.3 is 5.32 Å². The maximum absolute atomic E-state index is 12.1. The number of hydrogen-bond donors (Lipinski definition) is 1. The highest BCUT2D eigenvalue weighted by molar-refractivity contribution is 6.08. The van der Waals surface area contributed by atoms with Gasteiger partial charge in [-0.3, -0.25) is 14.8 Å². The third-order valence-corrected chi connectivity index (χ3v) is 2.83. The molecule has 19 heavy (non-hydrogen) atoms. The van der Waals surface area contributed by atoms with E-state index < -0.39 is 0 Å². The summed E-state index contributed by atoms with van der Waals surface area (Å²) in [7, 11) is 0. The lowest BCUT2D eigenvalue weighted by Gasteiger charge is -2.07. The lowest BCUT2D eigenvalue weighted by Crippen LogP contribution is -2.13. The number of benzene rings is 1. The molecule has 0 radical (unpaired) electrons. The zero-order chi connectivity index (χ0) is 13.1. The second-order valence-corrected chi connectivity index (χ2v) is 4.07. The first-order valence-electron chi connectivity index (χ1n) is 5.90. The van der Waals surface area contributed by atoms with Gasteiger partial charge in [-0.1, -0.05) is 18.2 Å². The Hall–Kier alpha value is -2.75. The molecule has 0 spiro atoms. The number of carbonyl (C=O) groups is 1.